The van der Waals surface area contributed by atoms with Crippen LogP contribution in [0, 0.1) is 11.3 Å². The van der Waals surface area contributed by atoms with Gasteiger partial charge in [0.1, 0.15) is 12.4 Å². The fourth-order valence-electron chi connectivity index (χ4n) is 0.834. The third-order valence-electron chi connectivity index (χ3n) is 1.49. The fourth-order valence-corrected chi connectivity index (χ4v) is 1.10. The summed E-state index contributed by atoms with van der Waals surface area (Å²) in [6.07, 6.45) is -0.101. The molecule has 3 nitrogen and oxygen atoms in total. The van der Waals surface area contributed by atoms with Crippen LogP contribution < -0.4 is 4.74 Å². The molecule has 0 heterocycles. The lowest BCUT2D eigenvalue weighted by Gasteiger charge is -2.03. The van der Waals surface area contributed by atoms with Gasteiger partial charge < -0.3 is 4.74 Å². The molecular formula is C10H8BrNO2. The van der Waals surface area contributed by atoms with Crippen molar-refractivity contribution >= 4 is 21.7 Å². The van der Waals surface area contributed by atoms with E-state index in [0.29, 0.717) is 5.75 Å². The average Bonchev–Trinajstić information content (AvgIpc) is 2.17. The van der Waals surface area contributed by atoms with E-state index in [1.165, 1.54) is 0 Å². The van der Waals surface area contributed by atoms with E-state index < -0.39 is 0 Å². The number of carbonyl (C=O) groups excluding carboxylic acids is 1. The molecule has 0 fully saturated rings. The number of halogens is 1. The zero-order valence-electron chi connectivity index (χ0n) is 7.37. The lowest BCUT2D eigenvalue weighted by molar-refractivity contribution is -0.120. The Kier molecular flexibility index (Phi) is 4.14. The summed E-state index contributed by atoms with van der Waals surface area (Å²) in [7, 11) is 0. The van der Waals surface area contributed by atoms with Crippen LogP contribution in [-0.4, -0.2) is 12.4 Å². The topological polar surface area (TPSA) is 50.1 Å². The van der Waals surface area contributed by atoms with Crippen molar-refractivity contribution in [1.82, 2.24) is 0 Å². The summed E-state index contributed by atoms with van der Waals surface area (Å²) in [6, 6.07) is 8.93. The largest absolute Gasteiger partial charge is 0.486 e. The summed E-state index contributed by atoms with van der Waals surface area (Å²) >= 11 is 3.28. The van der Waals surface area contributed by atoms with E-state index in [0.717, 1.165) is 4.47 Å². The van der Waals surface area contributed by atoms with Crippen molar-refractivity contribution in [2.75, 3.05) is 6.61 Å². The van der Waals surface area contributed by atoms with E-state index in [1.807, 2.05) is 12.1 Å². The highest BCUT2D eigenvalue weighted by atomic mass is 79.9. The Hall–Kier alpha value is -1.34. The molecule has 1 aromatic rings. The molecule has 1 rings (SSSR count). The average molecular weight is 254 g/mol. The molecule has 0 amide bonds. The first-order valence-corrected chi connectivity index (χ1v) is 4.78. The molecule has 0 bridgehead atoms. The maximum atomic E-state index is 10.9. The van der Waals surface area contributed by atoms with Crippen molar-refractivity contribution in [2.24, 2.45) is 0 Å². The van der Waals surface area contributed by atoms with E-state index in [-0.39, 0.29) is 18.8 Å². The van der Waals surface area contributed by atoms with Crippen molar-refractivity contribution < 1.29 is 9.53 Å². The van der Waals surface area contributed by atoms with E-state index in [1.54, 1.807) is 18.2 Å². The Labute approximate surface area is 90.4 Å². The second-order valence-corrected chi connectivity index (χ2v) is 3.53. The van der Waals surface area contributed by atoms with Crippen LogP contribution in [0.2, 0.25) is 0 Å². The summed E-state index contributed by atoms with van der Waals surface area (Å²) in [5.41, 5.74) is 0. The molecule has 1 aromatic carbocycles. The summed E-state index contributed by atoms with van der Waals surface area (Å²) in [4.78, 5) is 10.9. The molecule has 0 radical (unpaired) electrons. The SMILES string of the molecule is N#CCC(=O)COc1ccc(Br)cc1. The molecule has 0 aliphatic rings. The quantitative estimate of drug-likeness (QED) is 0.828. The third kappa shape index (κ3) is 3.58. The number of Topliss-reactive ketones (excluding diaryl/α,β-unsaturated/α-hetero) is 1. The van der Waals surface area contributed by atoms with E-state index >= 15 is 0 Å². The summed E-state index contributed by atoms with van der Waals surface area (Å²) < 4.78 is 6.11. The molecule has 0 aliphatic carbocycles. The maximum Gasteiger partial charge on any atom is 0.184 e. The van der Waals surface area contributed by atoms with Gasteiger partial charge in [0.2, 0.25) is 0 Å². The minimum absolute atomic E-state index is 0.0464. The predicted octanol–water partition coefficient (Wildman–Crippen LogP) is 2.31. The van der Waals surface area contributed by atoms with Gasteiger partial charge >= 0.3 is 0 Å². The highest BCUT2D eigenvalue weighted by Gasteiger charge is 2.01. The van der Waals surface area contributed by atoms with Crippen molar-refractivity contribution in [3.8, 4) is 11.8 Å². The van der Waals surface area contributed by atoms with Gasteiger partial charge in [-0.25, -0.2) is 0 Å². The van der Waals surface area contributed by atoms with Crippen LogP contribution in [-0.2, 0) is 4.79 Å². The van der Waals surface area contributed by atoms with Gasteiger partial charge in [-0.15, -0.1) is 0 Å². The van der Waals surface area contributed by atoms with Gasteiger partial charge in [-0.05, 0) is 24.3 Å². The number of carbonyl (C=O) groups is 1. The van der Waals surface area contributed by atoms with Gasteiger partial charge in [-0.1, -0.05) is 15.9 Å². The Balaban J connectivity index is 2.43. The van der Waals surface area contributed by atoms with E-state index in [9.17, 15) is 4.79 Å². The second-order valence-electron chi connectivity index (χ2n) is 2.62. The third-order valence-corrected chi connectivity index (χ3v) is 2.02. The molecule has 72 valence electrons. The van der Waals surface area contributed by atoms with Crippen molar-refractivity contribution in [2.45, 2.75) is 6.42 Å². The minimum Gasteiger partial charge on any atom is -0.486 e. The standard InChI is InChI=1S/C10H8BrNO2/c11-8-1-3-10(4-2-8)14-7-9(13)5-6-12/h1-4H,5,7H2. The molecule has 0 saturated heterocycles. The maximum absolute atomic E-state index is 10.9. The molecule has 0 N–H and O–H groups in total. The van der Waals surface area contributed by atoms with Crippen LogP contribution in [0.3, 0.4) is 0 Å². The lowest BCUT2D eigenvalue weighted by atomic mass is 10.3. The van der Waals surface area contributed by atoms with Crippen LogP contribution in [0.5, 0.6) is 5.75 Å². The highest BCUT2D eigenvalue weighted by molar-refractivity contribution is 9.10. The predicted molar refractivity (Wildman–Crippen MR) is 54.9 cm³/mol. The Morgan fingerprint density at radius 1 is 1.43 bits per heavy atom. The number of nitriles is 1. The van der Waals surface area contributed by atoms with Crippen molar-refractivity contribution in [3.63, 3.8) is 0 Å². The first-order valence-electron chi connectivity index (χ1n) is 3.99. The molecule has 4 heteroatoms. The van der Waals surface area contributed by atoms with Crippen molar-refractivity contribution in [1.29, 1.82) is 5.26 Å². The molecule has 0 saturated carbocycles. The smallest absolute Gasteiger partial charge is 0.184 e. The number of ketones is 1. The number of rotatable bonds is 4. The number of hydrogen-bond donors (Lipinski definition) is 0. The number of ether oxygens (including phenoxy) is 1. The van der Waals surface area contributed by atoms with Crippen LogP contribution in [0.4, 0.5) is 0 Å². The van der Waals surface area contributed by atoms with Gasteiger partial charge in [-0.3, -0.25) is 4.79 Å². The molecular weight excluding hydrogens is 246 g/mol. The summed E-state index contributed by atoms with van der Waals surface area (Å²) in [5.74, 6) is 0.412. The van der Waals surface area contributed by atoms with Gasteiger partial charge in [-0.2, -0.15) is 5.26 Å². The Morgan fingerprint density at radius 2 is 2.07 bits per heavy atom. The number of nitrogens with zero attached hydrogens (tertiary/aromatic N) is 1. The van der Waals surface area contributed by atoms with Gasteiger partial charge in [0, 0.05) is 4.47 Å². The Morgan fingerprint density at radius 3 is 2.64 bits per heavy atom. The monoisotopic (exact) mass is 253 g/mol. The second kappa shape index (κ2) is 5.40. The normalized spacial score (nSPS) is 9.14. The molecule has 0 aliphatic heterocycles. The van der Waals surface area contributed by atoms with Crippen LogP contribution in [0.1, 0.15) is 6.42 Å². The minimum atomic E-state index is -0.213. The molecule has 0 unspecified atom stereocenters. The molecule has 0 atom stereocenters. The number of hydrogen-bond acceptors (Lipinski definition) is 3. The summed E-state index contributed by atoms with van der Waals surface area (Å²) in [5, 5.41) is 8.24. The summed E-state index contributed by atoms with van der Waals surface area (Å²) in [6.45, 7) is -0.0464. The first-order chi connectivity index (χ1) is 6.72. The first kappa shape index (κ1) is 10.7. The van der Waals surface area contributed by atoms with E-state index in [2.05, 4.69) is 15.9 Å². The zero-order valence-corrected chi connectivity index (χ0v) is 8.95. The Bertz CT molecular complexity index is 353. The zero-order chi connectivity index (χ0) is 10.4. The van der Waals surface area contributed by atoms with Crippen LogP contribution in [0.25, 0.3) is 0 Å². The van der Waals surface area contributed by atoms with Gasteiger partial charge in [0.15, 0.2) is 5.78 Å². The van der Waals surface area contributed by atoms with Crippen molar-refractivity contribution in [3.05, 3.63) is 28.7 Å². The van der Waals surface area contributed by atoms with Gasteiger partial charge in [0.25, 0.3) is 0 Å². The van der Waals surface area contributed by atoms with Crippen LogP contribution >= 0.6 is 15.9 Å². The molecule has 14 heavy (non-hydrogen) atoms. The lowest BCUT2D eigenvalue weighted by Crippen LogP contribution is -2.09. The van der Waals surface area contributed by atoms with Crippen LogP contribution in [0.15, 0.2) is 28.7 Å². The molecule has 0 spiro atoms. The van der Waals surface area contributed by atoms with Gasteiger partial charge in [0.05, 0.1) is 12.5 Å². The number of benzene rings is 1. The fraction of sp³-hybridized carbons (Fsp3) is 0.200. The molecule has 0 aromatic heterocycles. The highest BCUT2D eigenvalue weighted by Crippen LogP contribution is 2.15. The van der Waals surface area contributed by atoms with E-state index in [4.69, 9.17) is 10.00 Å².